The van der Waals surface area contributed by atoms with Crippen LogP contribution in [-0.4, -0.2) is 92.6 Å². The summed E-state index contributed by atoms with van der Waals surface area (Å²) in [6.45, 7) is 3.80. The van der Waals surface area contributed by atoms with Crippen LogP contribution in [0.3, 0.4) is 0 Å². The molecule has 0 amide bonds. The zero-order valence-corrected chi connectivity index (χ0v) is 35.4. The largest absolute Gasteiger partial charge is 0.493 e. The monoisotopic (exact) mass is 882 g/mol. The first kappa shape index (κ1) is 45.1. The van der Waals surface area contributed by atoms with Gasteiger partial charge in [-0.2, -0.15) is 13.2 Å². The first-order valence-electron chi connectivity index (χ1n) is 20.4. The number of rotatable bonds is 16. The molecular formula is C47H45F3N4O10. The van der Waals surface area contributed by atoms with Gasteiger partial charge in [0.2, 0.25) is 0 Å². The zero-order valence-electron chi connectivity index (χ0n) is 35.4. The van der Waals surface area contributed by atoms with Gasteiger partial charge in [-0.15, -0.1) is 0 Å². The number of benzene rings is 4. The van der Waals surface area contributed by atoms with Gasteiger partial charge in [0.05, 0.1) is 61.7 Å². The predicted molar refractivity (Wildman–Crippen MR) is 234 cm³/mol. The molecule has 0 fully saturated rings. The summed E-state index contributed by atoms with van der Waals surface area (Å²) in [5, 5.41) is 16.1. The molecule has 0 spiro atoms. The molecule has 0 unspecified atom stereocenters. The Kier molecular flexibility index (Phi) is 13.2. The summed E-state index contributed by atoms with van der Waals surface area (Å²) in [6.07, 6.45) is -2.84. The van der Waals surface area contributed by atoms with E-state index in [2.05, 4.69) is 10.6 Å². The maximum atomic E-state index is 14.0. The van der Waals surface area contributed by atoms with Gasteiger partial charge in [-0.25, -0.2) is 4.79 Å². The van der Waals surface area contributed by atoms with Crippen molar-refractivity contribution in [3.63, 3.8) is 0 Å². The Morgan fingerprint density at radius 1 is 0.547 bits per heavy atom. The Labute approximate surface area is 364 Å². The SMILES string of the molecule is COc1cc2c3c(n(CCCNCCCNCCCn4c5c(c6cc(OC)c(OC)cc6c4=O)C(=O)c4ccccc4-5)c(=O)c2cc1OC)-c1ccccc1C3=O.O=C(O)C(F)(F)F. The van der Waals surface area contributed by atoms with E-state index >= 15 is 0 Å². The molecule has 0 saturated carbocycles. The minimum Gasteiger partial charge on any atom is -0.493 e. The van der Waals surface area contributed by atoms with E-state index in [1.165, 1.54) is 28.4 Å². The van der Waals surface area contributed by atoms with Crippen molar-refractivity contribution in [3.8, 4) is 45.5 Å². The Hall–Kier alpha value is -6.98. The number of halogens is 3. The summed E-state index contributed by atoms with van der Waals surface area (Å²) < 4.78 is 57.2. The lowest BCUT2D eigenvalue weighted by atomic mass is 10.0. The molecule has 14 nitrogen and oxygen atoms in total. The number of pyridine rings is 2. The molecule has 0 saturated heterocycles. The summed E-state index contributed by atoms with van der Waals surface area (Å²) in [5.41, 5.74) is 4.67. The minimum absolute atomic E-state index is 0.104. The molecule has 0 radical (unpaired) electrons. The molecule has 2 aliphatic rings. The van der Waals surface area contributed by atoms with Crippen LogP contribution in [-0.2, 0) is 17.9 Å². The van der Waals surface area contributed by atoms with E-state index in [0.29, 0.717) is 117 Å². The molecule has 3 N–H and O–H groups in total. The van der Waals surface area contributed by atoms with E-state index in [1.807, 2.05) is 36.4 Å². The van der Waals surface area contributed by atoms with Gasteiger partial charge in [0.1, 0.15) is 0 Å². The molecule has 64 heavy (non-hydrogen) atoms. The van der Waals surface area contributed by atoms with Crippen molar-refractivity contribution in [2.75, 3.05) is 54.6 Å². The van der Waals surface area contributed by atoms with Crippen LogP contribution in [0.5, 0.6) is 23.0 Å². The van der Waals surface area contributed by atoms with Gasteiger partial charge in [-0.3, -0.25) is 19.2 Å². The fourth-order valence-electron chi connectivity index (χ4n) is 8.35. The van der Waals surface area contributed by atoms with Crippen LogP contribution in [0.4, 0.5) is 13.2 Å². The van der Waals surface area contributed by atoms with E-state index in [-0.39, 0.29) is 22.7 Å². The first-order chi connectivity index (χ1) is 30.8. The molecule has 2 aliphatic carbocycles. The van der Waals surface area contributed by atoms with Gasteiger partial charge in [0.15, 0.2) is 34.6 Å². The van der Waals surface area contributed by atoms with Crippen LogP contribution in [0.15, 0.2) is 82.4 Å². The van der Waals surface area contributed by atoms with Crippen molar-refractivity contribution in [2.45, 2.75) is 38.5 Å². The number of hydrogen-bond acceptors (Lipinski definition) is 11. The van der Waals surface area contributed by atoms with Gasteiger partial charge >= 0.3 is 12.1 Å². The molecule has 0 atom stereocenters. The number of ketones is 2. The Morgan fingerprint density at radius 3 is 1.19 bits per heavy atom. The lowest BCUT2D eigenvalue weighted by molar-refractivity contribution is -0.192. The molecule has 6 aromatic rings. The summed E-state index contributed by atoms with van der Waals surface area (Å²) in [7, 11) is 6.12. The number of carbonyl (C=O) groups excluding carboxylic acids is 2. The van der Waals surface area contributed by atoms with Crippen molar-refractivity contribution >= 4 is 39.1 Å². The van der Waals surface area contributed by atoms with E-state index in [0.717, 1.165) is 30.6 Å². The van der Waals surface area contributed by atoms with Gasteiger partial charge in [0.25, 0.3) is 11.1 Å². The number of carbonyl (C=O) groups is 3. The second-order valence-corrected chi connectivity index (χ2v) is 15.0. The third kappa shape index (κ3) is 8.31. The van der Waals surface area contributed by atoms with Gasteiger partial charge < -0.3 is 43.8 Å². The molecule has 2 heterocycles. The van der Waals surface area contributed by atoms with E-state index in [1.54, 1.807) is 45.5 Å². The number of carboxylic acids is 1. The average molecular weight is 883 g/mol. The zero-order chi connectivity index (χ0) is 45.9. The quantitative estimate of drug-likeness (QED) is 0.0906. The van der Waals surface area contributed by atoms with E-state index in [4.69, 9.17) is 28.8 Å². The van der Waals surface area contributed by atoms with Crippen molar-refractivity contribution in [1.29, 1.82) is 0 Å². The van der Waals surface area contributed by atoms with E-state index < -0.39 is 12.1 Å². The third-order valence-electron chi connectivity index (χ3n) is 11.3. The van der Waals surface area contributed by atoms with Crippen molar-refractivity contribution in [1.82, 2.24) is 19.8 Å². The number of aliphatic carboxylic acids is 1. The van der Waals surface area contributed by atoms with Crippen LogP contribution in [0.1, 0.15) is 51.1 Å². The standard InChI is InChI=1S/C45H44N4O8.C2HF3O2/c1-54-34-22-30-32(24-36(34)56-3)44(52)48(40-26-12-5-7-14-28(26)42(50)38(30)40)20-10-18-46-16-9-17-47-19-11-21-49-41-27-13-6-8-15-29(27)43(51)39(41)31-23-35(55-2)37(57-4)25-33(31)45(49)53;3-2(4,5)1(6)7/h5-8,12-15,22-25,46-47H,9-11,16-21H2,1-4H3;(H,6,7). The molecule has 4 aromatic carbocycles. The lowest BCUT2D eigenvalue weighted by Crippen LogP contribution is -2.28. The van der Waals surface area contributed by atoms with Gasteiger partial charge in [-0.05, 0) is 69.7 Å². The summed E-state index contributed by atoms with van der Waals surface area (Å²) in [5.74, 6) is -1.18. The van der Waals surface area contributed by atoms with Crippen LogP contribution >= 0.6 is 0 Å². The fourth-order valence-corrected chi connectivity index (χ4v) is 8.35. The number of nitrogens with zero attached hydrogens (tertiary/aromatic N) is 2. The number of aromatic nitrogens is 2. The number of fused-ring (bicyclic) bond motifs is 10. The van der Waals surface area contributed by atoms with Crippen LogP contribution < -0.4 is 40.7 Å². The molecule has 17 heteroatoms. The Bertz CT molecular complexity index is 2760. The Balaban J connectivity index is 0.000000809. The smallest absolute Gasteiger partial charge is 0.490 e. The second-order valence-electron chi connectivity index (χ2n) is 15.0. The average Bonchev–Trinajstić information content (AvgIpc) is 3.76. The van der Waals surface area contributed by atoms with Crippen LogP contribution in [0, 0.1) is 0 Å². The van der Waals surface area contributed by atoms with Crippen molar-refractivity contribution in [3.05, 3.63) is 116 Å². The first-order valence-corrected chi connectivity index (χ1v) is 20.4. The topological polar surface area (TPSA) is 176 Å². The van der Waals surface area contributed by atoms with E-state index in [9.17, 15) is 32.3 Å². The fraction of sp³-hybridized carbons (Fsp3) is 0.298. The highest BCUT2D eigenvalue weighted by atomic mass is 19.4. The van der Waals surface area contributed by atoms with Crippen LogP contribution in [0.2, 0.25) is 0 Å². The molecule has 334 valence electrons. The molecule has 0 bridgehead atoms. The number of nitrogens with one attached hydrogen (secondary N) is 2. The highest BCUT2D eigenvalue weighted by Crippen LogP contribution is 2.43. The van der Waals surface area contributed by atoms with Gasteiger partial charge in [-0.1, -0.05) is 48.5 Å². The lowest BCUT2D eigenvalue weighted by Gasteiger charge is -2.17. The predicted octanol–water partition coefficient (Wildman–Crippen LogP) is 6.46. The number of alkyl halides is 3. The maximum Gasteiger partial charge on any atom is 0.490 e. The van der Waals surface area contributed by atoms with Gasteiger partial charge in [0, 0.05) is 46.1 Å². The normalized spacial score (nSPS) is 12.4. The second kappa shape index (κ2) is 18.8. The van der Waals surface area contributed by atoms with Crippen LogP contribution in [0.25, 0.3) is 44.1 Å². The van der Waals surface area contributed by atoms with Crippen molar-refractivity contribution < 1.29 is 51.6 Å². The highest BCUT2D eigenvalue weighted by Gasteiger charge is 2.38. The number of methoxy groups -OCH3 is 4. The summed E-state index contributed by atoms with van der Waals surface area (Å²) >= 11 is 0. The molecule has 0 aliphatic heterocycles. The maximum absolute atomic E-state index is 14.0. The minimum atomic E-state index is -5.08. The summed E-state index contributed by atoms with van der Waals surface area (Å²) in [4.78, 5) is 64.3. The third-order valence-corrected chi connectivity index (χ3v) is 11.3. The number of carboxylic acid groups (broad SMARTS) is 1. The summed E-state index contributed by atoms with van der Waals surface area (Å²) in [6, 6.07) is 21.6. The van der Waals surface area contributed by atoms with Crippen molar-refractivity contribution in [2.24, 2.45) is 0 Å². The molecule has 2 aromatic heterocycles. The molecule has 8 rings (SSSR count). The number of hydrogen-bond donors (Lipinski definition) is 3. The highest BCUT2D eigenvalue weighted by molar-refractivity contribution is 6.28. The Morgan fingerprint density at radius 2 is 0.859 bits per heavy atom. The number of ether oxygens (including phenoxy) is 4. The molecular weight excluding hydrogens is 838 g/mol.